The highest BCUT2D eigenvalue weighted by atomic mass is 16.5. The van der Waals surface area contributed by atoms with Crippen LogP contribution in [0.15, 0.2) is 72.8 Å². The minimum atomic E-state index is -1.39. The minimum absolute atomic E-state index is 0.0311. The van der Waals surface area contributed by atoms with Crippen LogP contribution in [0.25, 0.3) is 16.8 Å². The Morgan fingerprint density at radius 1 is 0.833 bits per heavy atom. The number of carbonyl (C=O) groups excluding carboxylic acids is 2. The summed E-state index contributed by atoms with van der Waals surface area (Å²) in [5.41, 5.74) is 0.711. The van der Waals surface area contributed by atoms with Crippen LogP contribution in [0, 0.1) is 0 Å². The Bertz CT molecular complexity index is 927. The van der Waals surface area contributed by atoms with Gasteiger partial charge in [-0.05, 0) is 23.1 Å². The second-order valence-electron chi connectivity index (χ2n) is 5.11. The molecule has 0 aliphatic rings. The van der Waals surface area contributed by atoms with Crippen molar-refractivity contribution in [2.24, 2.45) is 0 Å². The van der Waals surface area contributed by atoms with Gasteiger partial charge in [0.05, 0.1) is 0 Å². The van der Waals surface area contributed by atoms with Crippen molar-refractivity contribution in [3.8, 4) is 5.75 Å². The van der Waals surface area contributed by atoms with Gasteiger partial charge in [-0.25, -0.2) is 14.7 Å². The van der Waals surface area contributed by atoms with Crippen molar-refractivity contribution < 1.29 is 19.4 Å². The lowest BCUT2D eigenvalue weighted by Gasteiger charge is -2.08. The van der Waals surface area contributed by atoms with E-state index in [0.717, 1.165) is 10.9 Å². The average Bonchev–Trinajstić information content (AvgIpc) is 2.60. The quantitative estimate of drug-likeness (QED) is 0.414. The van der Waals surface area contributed by atoms with Crippen molar-refractivity contribution in [1.82, 2.24) is 0 Å². The summed E-state index contributed by atoms with van der Waals surface area (Å²) in [6.45, 7) is 0. The van der Waals surface area contributed by atoms with Gasteiger partial charge >= 0.3 is 11.9 Å². The first-order valence-electron chi connectivity index (χ1n) is 7.33. The van der Waals surface area contributed by atoms with E-state index in [1.54, 1.807) is 36.4 Å². The van der Waals surface area contributed by atoms with Gasteiger partial charge in [-0.1, -0.05) is 60.7 Å². The molecule has 3 aromatic carbocycles. The van der Waals surface area contributed by atoms with Crippen LogP contribution < -0.4 is 4.74 Å². The van der Waals surface area contributed by atoms with Crippen LogP contribution in [-0.2, 0) is 9.90 Å². The fourth-order valence-corrected chi connectivity index (χ4v) is 2.42. The molecule has 0 N–H and O–H groups in total. The predicted molar refractivity (Wildman–Crippen MR) is 90.1 cm³/mol. The monoisotopic (exact) mass is 317 g/mol. The minimum Gasteiger partial charge on any atom is -0.422 e. The molecule has 4 heteroatoms. The van der Waals surface area contributed by atoms with Gasteiger partial charge in [-0.15, -0.1) is 0 Å². The Morgan fingerprint density at radius 3 is 2.29 bits per heavy atom. The highest BCUT2D eigenvalue weighted by Crippen LogP contribution is 2.28. The molecule has 0 aliphatic heterocycles. The number of carbonyl (C=O) groups is 2. The van der Waals surface area contributed by atoms with Crippen LogP contribution in [0.5, 0.6) is 5.75 Å². The standard InChI is InChI=1S/C20H13O4/c21-18(13-10-14-6-2-1-3-7-14)24-17-12-11-15-8-4-5-9-16(15)19(17)20(22)23/h1-13H. The molecule has 4 nitrogen and oxygen atoms in total. The molecular weight excluding hydrogens is 304 g/mol. The third kappa shape index (κ3) is 3.33. The maximum absolute atomic E-state index is 12.0. The van der Waals surface area contributed by atoms with Gasteiger partial charge in [0, 0.05) is 11.5 Å². The highest BCUT2D eigenvalue weighted by molar-refractivity contribution is 6.06. The number of hydrogen-bond acceptors (Lipinski definition) is 3. The van der Waals surface area contributed by atoms with Crippen LogP contribution >= 0.6 is 0 Å². The second-order valence-corrected chi connectivity index (χ2v) is 5.11. The maximum atomic E-state index is 12.0. The summed E-state index contributed by atoms with van der Waals surface area (Å²) in [7, 11) is 0. The van der Waals surface area contributed by atoms with Crippen molar-refractivity contribution in [2.75, 3.05) is 0 Å². The van der Waals surface area contributed by atoms with Gasteiger partial charge in [-0.2, -0.15) is 0 Å². The summed E-state index contributed by atoms with van der Waals surface area (Å²) < 4.78 is 5.19. The van der Waals surface area contributed by atoms with Crippen molar-refractivity contribution in [3.05, 3.63) is 83.9 Å². The fourth-order valence-electron chi connectivity index (χ4n) is 2.42. The molecule has 3 aromatic rings. The van der Waals surface area contributed by atoms with Gasteiger partial charge < -0.3 is 4.74 Å². The smallest absolute Gasteiger partial charge is 0.390 e. The van der Waals surface area contributed by atoms with Crippen molar-refractivity contribution in [2.45, 2.75) is 0 Å². The molecule has 1 radical (unpaired) electrons. The van der Waals surface area contributed by atoms with Gasteiger partial charge in [0.25, 0.3) is 0 Å². The summed E-state index contributed by atoms with van der Waals surface area (Å²) in [6.07, 6.45) is 2.85. The van der Waals surface area contributed by atoms with E-state index in [2.05, 4.69) is 0 Å². The molecule has 0 spiro atoms. The molecule has 3 rings (SSSR count). The van der Waals surface area contributed by atoms with Crippen molar-refractivity contribution in [3.63, 3.8) is 0 Å². The highest BCUT2D eigenvalue weighted by Gasteiger charge is 2.18. The molecule has 0 amide bonds. The van der Waals surface area contributed by atoms with Crippen LogP contribution in [0.1, 0.15) is 15.9 Å². The van der Waals surface area contributed by atoms with Crippen LogP contribution in [0.2, 0.25) is 0 Å². The van der Waals surface area contributed by atoms with Crippen LogP contribution in [0.4, 0.5) is 0 Å². The lowest BCUT2D eigenvalue weighted by atomic mass is 10.0. The van der Waals surface area contributed by atoms with E-state index in [0.29, 0.717) is 5.39 Å². The topological polar surface area (TPSA) is 63.3 Å². The molecule has 0 saturated heterocycles. The molecule has 0 bridgehead atoms. The second kappa shape index (κ2) is 6.79. The Hall–Kier alpha value is -3.40. The largest absolute Gasteiger partial charge is 0.422 e. The first-order chi connectivity index (χ1) is 11.6. The third-order valence-corrected chi connectivity index (χ3v) is 3.52. The van der Waals surface area contributed by atoms with Crippen LogP contribution in [-0.4, -0.2) is 11.9 Å². The lowest BCUT2D eigenvalue weighted by Crippen LogP contribution is -2.08. The number of hydrogen-bond donors (Lipinski definition) is 0. The zero-order valence-electron chi connectivity index (χ0n) is 12.6. The molecule has 24 heavy (non-hydrogen) atoms. The van der Waals surface area contributed by atoms with E-state index in [1.165, 1.54) is 12.1 Å². The number of benzene rings is 3. The maximum Gasteiger partial charge on any atom is 0.390 e. The Labute approximate surface area is 138 Å². The van der Waals surface area contributed by atoms with E-state index in [-0.39, 0.29) is 11.3 Å². The van der Waals surface area contributed by atoms with E-state index in [9.17, 15) is 14.7 Å². The zero-order valence-corrected chi connectivity index (χ0v) is 12.6. The number of rotatable bonds is 4. The van der Waals surface area contributed by atoms with Gasteiger partial charge in [0.15, 0.2) is 0 Å². The van der Waals surface area contributed by atoms with Gasteiger partial charge in [0.2, 0.25) is 0 Å². The summed E-state index contributed by atoms with van der Waals surface area (Å²) in [6, 6.07) is 19.4. The molecule has 117 valence electrons. The van der Waals surface area contributed by atoms with Crippen molar-refractivity contribution in [1.29, 1.82) is 0 Å². The molecule has 0 atom stereocenters. The molecule has 0 aromatic heterocycles. The van der Waals surface area contributed by atoms with E-state index in [4.69, 9.17) is 4.74 Å². The Morgan fingerprint density at radius 2 is 1.54 bits per heavy atom. The van der Waals surface area contributed by atoms with Crippen LogP contribution in [0.3, 0.4) is 0 Å². The predicted octanol–water partition coefficient (Wildman–Crippen LogP) is 4.03. The summed E-state index contributed by atoms with van der Waals surface area (Å²) >= 11 is 0. The zero-order chi connectivity index (χ0) is 16.9. The number of ether oxygens (including phenoxy) is 1. The first kappa shape index (κ1) is 15.5. The van der Waals surface area contributed by atoms with E-state index >= 15 is 0 Å². The normalized spacial score (nSPS) is 10.8. The molecule has 0 saturated carbocycles. The molecule has 0 aliphatic carbocycles. The summed E-state index contributed by atoms with van der Waals surface area (Å²) in [5, 5.41) is 12.7. The summed E-state index contributed by atoms with van der Waals surface area (Å²) in [4.78, 5) is 23.5. The average molecular weight is 317 g/mol. The Balaban J connectivity index is 1.89. The van der Waals surface area contributed by atoms with Crippen molar-refractivity contribution >= 4 is 28.8 Å². The van der Waals surface area contributed by atoms with E-state index < -0.39 is 11.9 Å². The molecular formula is C20H13O4. The van der Waals surface area contributed by atoms with E-state index in [1.807, 2.05) is 30.3 Å². The lowest BCUT2D eigenvalue weighted by molar-refractivity contribution is -0.128. The molecule has 0 unspecified atom stereocenters. The summed E-state index contributed by atoms with van der Waals surface area (Å²) in [5.74, 6) is -2.07. The fraction of sp³-hybridized carbons (Fsp3) is 0. The SMILES string of the molecule is [O]C(=O)c1c(OC(=O)C=Cc2ccccc2)ccc2ccccc12. The number of esters is 1. The third-order valence-electron chi connectivity index (χ3n) is 3.52. The van der Waals surface area contributed by atoms with Gasteiger partial charge in [-0.3, -0.25) is 0 Å². The van der Waals surface area contributed by atoms with Gasteiger partial charge in [0.1, 0.15) is 11.3 Å². The molecule has 0 heterocycles. The molecule has 0 fully saturated rings. The Kier molecular flexibility index (Phi) is 4.38. The number of fused-ring (bicyclic) bond motifs is 1. The first-order valence-corrected chi connectivity index (χ1v) is 7.33.